The first-order valence-corrected chi connectivity index (χ1v) is 10.7. The molecule has 1 aliphatic rings. The fraction of sp³-hybridized carbons (Fsp3) is 0.300. The number of halogens is 2. The lowest BCUT2D eigenvalue weighted by molar-refractivity contribution is -0.151. The zero-order valence-electron chi connectivity index (χ0n) is 14.9. The fourth-order valence-electron chi connectivity index (χ4n) is 2.91. The maximum Gasteiger partial charge on any atom is 0.330 e. The number of ether oxygens (including phenoxy) is 1. The van der Waals surface area contributed by atoms with E-state index in [9.17, 15) is 9.59 Å². The van der Waals surface area contributed by atoms with Crippen molar-refractivity contribution in [3.8, 4) is 0 Å². The number of rotatable bonds is 4. The summed E-state index contributed by atoms with van der Waals surface area (Å²) in [6, 6.07) is 13.9. The van der Waals surface area contributed by atoms with E-state index in [4.69, 9.17) is 16.3 Å². The molecule has 27 heavy (non-hydrogen) atoms. The molecular weight excluding hydrogens is 450 g/mol. The van der Waals surface area contributed by atoms with Crippen LogP contribution in [0, 0.1) is 0 Å². The van der Waals surface area contributed by atoms with Crippen molar-refractivity contribution in [1.29, 1.82) is 0 Å². The van der Waals surface area contributed by atoms with Crippen LogP contribution in [0.2, 0.25) is 5.02 Å². The molecule has 142 valence electrons. The molecule has 4 nitrogen and oxygen atoms in total. The van der Waals surface area contributed by atoms with Gasteiger partial charge in [0.1, 0.15) is 11.4 Å². The molecule has 0 aliphatic carbocycles. The minimum Gasteiger partial charge on any atom is -0.461 e. The Morgan fingerprint density at radius 1 is 1.22 bits per heavy atom. The van der Waals surface area contributed by atoms with Crippen molar-refractivity contribution in [2.45, 2.75) is 31.4 Å². The molecule has 1 fully saturated rings. The SMILES string of the molecule is CC(C)OC(=O)C1CSC(c2cccc(Cl)c2)N1C(=O)c1ccc(Br)cc1. The minimum absolute atomic E-state index is 0.205. The summed E-state index contributed by atoms with van der Waals surface area (Å²) in [6.45, 7) is 3.60. The number of carbonyl (C=O) groups excluding carboxylic acids is 2. The molecule has 1 saturated heterocycles. The summed E-state index contributed by atoms with van der Waals surface area (Å²) in [4.78, 5) is 27.5. The number of carbonyl (C=O) groups is 2. The molecule has 0 N–H and O–H groups in total. The van der Waals surface area contributed by atoms with E-state index in [1.165, 1.54) is 11.8 Å². The van der Waals surface area contributed by atoms with Crippen molar-refractivity contribution in [2.24, 2.45) is 0 Å². The molecule has 2 aromatic rings. The first-order chi connectivity index (χ1) is 12.9. The predicted octanol–water partition coefficient (Wildman–Crippen LogP) is 5.31. The molecule has 0 spiro atoms. The average molecular weight is 469 g/mol. The van der Waals surface area contributed by atoms with E-state index in [0.29, 0.717) is 16.3 Å². The van der Waals surface area contributed by atoms with Gasteiger partial charge in [0, 0.05) is 20.8 Å². The van der Waals surface area contributed by atoms with Gasteiger partial charge in [0.15, 0.2) is 0 Å². The topological polar surface area (TPSA) is 46.6 Å². The van der Waals surface area contributed by atoms with Crippen molar-refractivity contribution in [3.05, 3.63) is 69.2 Å². The van der Waals surface area contributed by atoms with Crippen LogP contribution in [-0.2, 0) is 9.53 Å². The summed E-state index contributed by atoms with van der Waals surface area (Å²) < 4.78 is 6.28. The van der Waals surface area contributed by atoms with Gasteiger partial charge in [-0.25, -0.2) is 4.79 Å². The summed E-state index contributed by atoms with van der Waals surface area (Å²) in [7, 11) is 0. The number of amides is 1. The maximum atomic E-state index is 13.3. The maximum absolute atomic E-state index is 13.3. The normalized spacial score (nSPS) is 19.4. The summed E-state index contributed by atoms with van der Waals surface area (Å²) in [5.74, 6) is -0.110. The number of thioether (sulfide) groups is 1. The second kappa shape index (κ2) is 8.67. The third kappa shape index (κ3) is 4.68. The Balaban J connectivity index is 1.97. The molecule has 0 radical (unpaired) electrons. The number of hydrogen-bond acceptors (Lipinski definition) is 4. The first-order valence-electron chi connectivity index (χ1n) is 8.52. The first kappa shape index (κ1) is 20.2. The van der Waals surface area contributed by atoms with Crippen LogP contribution in [0.15, 0.2) is 53.0 Å². The Kier molecular flexibility index (Phi) is 6.50. The third-order valence-corrected chi connectivity index (χ3v) is 6.17. The monoisotopic (exact) mass is 467 g/mol. The lowest BCUT2D eigenvalue weighted by Crippen LogP contribution is -2.44. The Hall–Kier alpha value is -1.50. The molecule has 2 atom stereocenters. The van der Waals surface area contributed by atoms with E-state index in [1.807, 2.05) is 30.3 Å². The second-order valence-electron chi connectivity index (χ2n) is 6.46. The zero-order chi connectivity index (χ0) is 19.6. The van der Waals surface area contributed by atoms with Gasteiger partial charge in [-0.3, -0.25) is 4.79 Å². The van der Waals surface area contributed by atoms with Crippen molar-refractivity contribution in [1.82, 2.24) is 4.90 Å². The molecule has 2 unspecified atom stereocenters. The van der Waals surface area contributed by atoms with Gasteiger partial charge in [0.2, 0.25) is 0 Å². The third-order valence-electron chi connectivity index (χ3n) is 4.08. The van der Waals surface area contributed by atoms with Gasteiger partial charge in [-0.2, -0.15) is 0 Å². The van der Waals surface area contributed by atoms with Crippen molar-refractivity contribution in [3.63, 3.8) is 0 Å². The molecule has 2 aromatic carbocycles. The Labute approximate surface area is 176 Å². The molecule has 7 heteroatoms. The molecule has 0 saturated carbocycles. The summed E-state index contributed by atoms with van der Waals surface area (Å²) in [5.41, 5.74) is 1.41. The Bertz CT molecular complexity index is 843. The van der Waals surface area contributed by atoms with Crippen molar-refractivity contribution in [2.75, 3.05) is 5.75 Å². The lowest BCUT2D eigenvalue weighted by Gasteiger charge is -2.29. The standard InChI is InChI=1S/C20H19BrClNO3S/c1-12(2)26-20(25)17-11-27-19(14-4-3-5-16(22)10-14)23(17)18(24)13-6-8-15(21)9-7-13/h3-10,12,17,19H,11H2,1-2H3. The van der Waals surface area contributed by atoms with E-state index < -0.39 is 6.04 Å². The van der Waals surface area contributed by atoms with E-state index in [2.05, 4.69) is 15.9 Å². The largest absolute Gasteiger partial charge is 0.461 e. The van der Waals surface area contributed by atoms with Gasteiger partial charge < -0.3 is 9.64 Å². The van der Waals surface area contributed by atoms with Crippen LogP contribution in [0.25, 0.3) is 0 Å². The summed E-state index contributed by atoms with van der Waals surface area (Å²) in [6.07, 6.45) is -0.239. The quantitative estimate of drug-likeness (QED) is 0.571. The summed E-state index contributed by atoms with van der Waals surface area (Å²) in [5, 5.41) is 0.293. The van der Waals surface area contributed by atoms with Crippen LogP contribution >= 0.6 is 39.3 Å². The van der Waals surface area contributed by atoms with Crippen molar-refractivity contribution < 1.29 is 14.3 Å². The highest BCUT2D eigenvalue weighted by Crippen LogP contribution is 2.43. The highest BCUT2D eigenvalue weighted by Gasteiger charge is 2.43. The van der Waals surface area contributed by atoms with Crippen molar-refractivity contribution >= 4 is 51.2 Å². The van der Waals surface area contributed by atoms with Crippen LogP contribution in [0.1, 0.15) is 35.1 Å². The number of hydrogen-bond donors (Lipinski definition) is 0. The molecular formula is C20H19BrClNO3S. The van der Waals surface area contributed by atoms with Gasteiger partial charge >= 0.3 is 5.97 Å². The van der Waals surface area contributed by atoms with Crippen LogP contribution in [-0.4, -0.2) is 34.7 Å². The molecule has 0 bridgehead atoms. The highest BCUT2D eigenvalue weighted by molar-refractivity contribution is 9.10. The zero-order valence-corrected chi connectivity index (χ0v) is 18.1. The van der Waals surface area contributed by atoms with Gasteiger partial charge in [-0.1, -0.05) is 39.7 Å². The van der Waals surface area contributed by atoms with Crippen LogP contribution in [0.4, 0.5) is 0 Å². The van der Waals surface area contributed by atoms with Gasteiger partial charge in [-0.05, 0) is 55.8 Å². The minimum atomic E-state index is -0.641. The Morgan fingerprint density at radius 2 is 1.93 bits per heavy atom. The molecule has 1 heterocycles. The fourth-order valence-corrected chi connectivity index (χ4v) is 4.77. The summed E-state index contributed by atoms with van der Waals surface area (Å²) >= 11 is 11.1. The molecule has 3 rings (SSSR count). The number of esters is 1. The number of nitrogens with zero attached hydrogens (tertiary/aromatic N) is 1. The van der Waals surface area contributed by atoms with E-state index in [0.717, 1.165) is 10.0 Å². The highest BCUT2D eigenvalue weighted by atomic mass is 79.9. The number of benzene rings is 2. The van der Waals surface area contributed by atoms with E-state index >= 15 is 0 Å². The second-order valence-corrected chi connectivity index (χ2v) is 8.93. The smallest absolute Gasteiger partial charge is 0.330 e. The van der Waals surface area contributed by atoms with Crippen LogP contribution < -0.4 is 0 Å². The van der Waals surface area contributed by atoms with Crippen LogP contribution in [0.5, 0.6) is 0 Å². The molecule has 1 amide bonds. The van der Waals surface area contributed by atoms with Gasteiger partial charge in [0.25, 0.3) is 5.91 Å². The van der Waals surface area contributed by atoms with Crippen LogP contribution in [0.3, 0.4) is 0 Å². The predicted molar refractivity (Wildman–Crippen MR) is 112 cm³/mol. The van der Waals surface area contributed by atoms with Gasteiger partial charge in [0.05, 0.1) is 6.10 Å². The van der Waals surface area contributed by atoms with E-state index in [1.54, 1.807) is 36.9 Å². The van der Waals surface area contributed by atoms with Gasteiger partial charge in [-0.15, -0.1) is 11.8 Å². The average Bonchev–Trinajstić information content (AvgIpc) is 3.06. The lowest BCUT2D eigenvalue weighted by atomic mass is 10.1. The van der Waals surface area contributed by atoms with E-state index in [-0.39, 0.29) is 23.4 Å². The molecule has 1 aliphatic heterocycles. The molecule has 0 aromatic heterocycles. The Morgan fingerprint density at radius 3 is 2.56 bits per heavy atom.